The van der Waals surface area contributed by atoms with E-state index < -0.39 is 0 Å². The molecule has 1 unspecified atom stereocenters. The zero-order valence-electron chi connectivity index (χ0n) is 17.7. The zero-order valence-corrected chi connectivity index (χ0v) is 19.5. The molecule has 8 heteroatoms. The molecule has 3 aromatic heterocycles. The number of aromatic nitrogens is 2. The molecule has 0 spiro atoms. The molecule has 0 amide bonds. The highest BCUT2D eigenvalue weighted by molar-refractivity contribution is 7.36. The summed E-state index contributed by atoms with van der Waals surface area (Å²) in [7, 11) is 0.230. The lowest BCUT2D eigenvalue weighted by Gasteiger charge is -2.25. The molecule has 4 heterocycles. The van der Waals surface area contributed by atoms with Crippen molar-refractivity contribution in [1.29, 1.82) is 0 Å². The average molecular weight is 465 g/mol. The number of likely N-dealkylation sites (tertiary alicyclic amines) is 1. The third-order valence-electron chi connectivity index (χ3n) is 5.42. The second kappa shape index (κ2) is 9.82. The number of fused-ring (bicyclic) bond motifs is 1. The van der Waals surface area contributed by atoms with Crippen LogP contribution in [0.2, 0.25) is 0 Å². The maximum Gasteiger partial charge on any atom is 0.151 e. The van der Waals surface area contributed by atoms with Crippen molar-refractivity contribution in [3.05, 3.63) is 66.9 Å². The summed E-state index contributed by atoms with van der Waals surface area (Å²) in [5.74, 6) is 4.21. The van der Waals surface area contributed by atoms with Crippen LogP contribution in [0, 0.1) is 0 Å². The van der Waals surface area contributed by atoms with E-state index in [2.05, 4.69) is 38.9 Å². The monoisotopic (exact) mass is 464 g/mol. The number of benzene rings is 1. The Kier molecular flexibility index (Phi) is 6.49. The Morgan fingerprint density at radius 1 is 1.19 bits per heavy atom. The first-order chi connectivity index (χ1) is 15.8. The second-order valence-electron chi connectivity index (χ2n) is 7.78. The number of hydrogen-bond donors (Lipinski definition) is 1. The van der Waals surface area contributed by atoms with Crippen molar-refractivity contribution >= 4 is 41.9 Å². The molecule has 1 N–H and O–H groups in total. The highest BCUT2D eigenvalue weighted by Crippen LogP contribution is 2.37. The van der Waals surface area contributed by atoms with Crippen LogP contribution in [0.5, 0.6) is 5.75 Å². The fourth-order valence-corrected chi connectivity index (χ4v) is 5.27. The summed E-state index contributed by atoms with van der Waals surface area (Å²) in [6, 6.07) is 12.1. The molecule has 0 bridgehead atoms. The van der Waals surface area contributed by atoms with Crippen LogP contribution in [0.4, 0.5) is 11.5 Å². The normalized spacial score (nSPS) is 14.9. The van der Waals surface area contributed by atoms with Crippen LogP contribution in [0.25, 0.3) is 20.9 Å². The van der Waals surface area contributed by atoms with E-state index >= 15 is 0 Å². The van der Waals surface area contributed by atoms with Gasteiger partial charge in [0.05, 0.1) is 30.2 Å². The van der Waals surface area contributed by atoms with Gasteiger partial charge in [0, 0.05) is 23.9 Å². The zero-order chi connectivity index (χ0) is 21.8. The van der Waals surface area contributed by atoms with Crippen LogP contribution in [0.15, 0.2) is 65.8 Å². The minimum absolute atomic E-state index is 0.230. The number of furan rings is 1. The third-order valence-corrected chi connectivity index (χ3v) is 7.09. The molecule has 1 saturated heterocycles. The van der Waals surface area contributed by atoms with Gasteiger partial charge in [0.1, 0.15) is 17.8 Å². The topological polar surface area (TPSA) is 63.4 Å². The molecule has 1 atom stereocenters. The second-order valence-corrected chi connectivity index (χ2v) is 9.68. The standard InChI is InChI=1S/C24H25N4O2PS/c1-2-31-30-19-8-6-7-18(12-19)27-24-23-20(25-16-26-24)13-22(32-23)21-11-17(15-29-21)14-28-9-4-3-5-10-28/h2,6-8,11-13,15-16,31H,1,3-5,9-10,14H2,(H,25,26,27). The number of thiophene rings is 1. The number of nitrogens with one attached hydrogen (secondary N) is 1. The van der Waals surface area contributed by atoms with Gasteiger partial charge in [0.15, 0.2) is 5.82 Å². The fraction of sp³-hybridized carbons (Fsp3) is 0.250. The van der Waals surface area contributed by atoms with E-state index in [0.717, 1.165) is 44.7 Å². The van der Waals surface area contributed by atoms with E-state index in [-0.39, 0.29) is 8.81 Å². The van der Waals surface area contributed by atoms with Crippen LogP contribution >= 0.6 is 20.1 Å². The van der Waals surface area contributed by atoms with Crippen molar-refractivity contribution in [3.63, 3.8) is 0 Å². The molecule has 32 heavy (non-hydrogen) atoms. The van der Waals surface area contributed by atoms with Crippen LogP contribution in [-0.4, -0.2) is 28.0 Å². The molecular weight excluding hydrogens is 439 g/mol. The number of hydrogen-bond acceptors (Lipinski definition) is 7. The van der Waals surface area contributed by atoms with Gasteiger partial charge in [-0.15, -0.1) is 11.3 Å². The van der Waals surface area contributed by atoms with E-state index in [1.54, 1.807) is 23.5 Å². The number of piperidine rings is 1. The molecule has 1 fully saturated rings. The molecule has 0 radical (unpaired) electrons. The first-order valence-electron chi connectivity index (χ1n) is 10.7. The Hall–Kier alpha value is -2.73. The summed E-state index contributed by atoms with van der Waals surface area (Å²) in [5, 5.41) is 3.41. The molecule has 0 saturated carbocycles. The molecule has 1 aliphatic rings. The summed E-state index contributed by atoms with van der Waals surface area (Å²) in [6.45, 7) is 7.00. The lowest BCUT2D eigenvalue weighted by atomic mass is 10.1. The Bertz CT molecular complexity index is 1220. The van der Waals surface area contributed by atoms with Crippen molar-refractivity contribution in [1.82, 2.24) is 14.9 Å². The minimum Gasteiger partial charge on any atom is -0.473 e. The number of nitrogens with zero attached hydrogens (tertiary/aromatic N) is 3. The van der Waals surface area contributed by atoms with Crippen LogP contribution in [0.1, 0.15) is 24.8 Å². The predicted octanol–water partition coefficient (Wildman–Crippen LogP) is 6.80. The molecule has 5 rings (SSSR count). The van der Waals surface area contributed by atoms with Gasteiger partial charge in [-0.3, -0.25) is 4.90 Å². The molecule has 0 aliphatic carbocycles. The summed E-state index contributed by atoms with van der Waals surface area (Å²) < 4.78 is 12.6. The highest BCUT2D eigenvalue weighted by atomic mass is 32.1. The molecule has 1 aromatic carbocycles. The maximum atomic E-state index is 5.92. The van der Waals surface area contributed by atoms with E-state index in [0.29, 0.717) is 0 Å². The van der Waals surface area contributed by atoms with Gasteiger partial charge < -0.3 is 14.3 Å². The van der Waals surface area contributed by atoms with Crippen molar-refractivity contribution in [2.24, 2.45) is 0 Å². The van der Waals surface area contributed by atoms with Gasteiger partial charge in [0.25, 0.3) is 0 Å². The van der Waals surface area contributed by atoms with Crippen molar-refractivity contribution in [2.45, 2.75) is 25.8 Å². The smallest absolute Gasteiger partial charge is 0.151 e. The average Bonchev–Trinajstić information content (AvgIpc) is 3.46. The van der Waals surface area contributed by atoms with Crippen LogP contribution < -0.4 is 9.84 Å². The molecule has 6 nitrogen and oxygen atoms in total. The third kappa shape index (κ3) is 4.85. The summed E-state index contributed by atoms with van der Waals surface area (Å²) in [6.07, 6.45) is 7.40. The SMILES string of the molecule is C=CPOc1cccc(Nc2ncnc3cc(-c4cc(CN5CCCCC5)co4)sc23)c1. The van der Waals surface area contributed by atoms with Crippen molar-refractivity contribution in [3.8, 4) is 16.4 Å². The van der Waals surface area contributed by atoms with E-state index in [1.807, 2.05) is 30.5 Å². The maximum absolute atomic E-state index is 5.92. The lowest BCUT2D eigenvalue weighted by Crippen LogP contribution is -2.28. The van der Waals surface area contributed by atoms with Crippen molar-refractivity contribution < 1.29 is 8.94 Å². The molecule has 164 valence electrons. The quantitative estimate of drug-likeness (QED) is 0.290. The van der Waals surface area contributed by atoms with Crippen LogP contribution in [-0.2, 0) is 6.54 Å². The molecule has 4 aromatic rings. The van der Waals surface area contributed by atoms with Crippen LogP contribution in [0.3, 0.4) is 0 Å². The number of rotatable bonds is 8. The molecular formula is C24H25N4O2PS. The van der Waals surface area contributed by atoms with Gasteiger partial charge in [-0.1, -0.05) is 19.1 Å². The summed E-state index contributed by atoms with van der Waals surface area (Å²) in [5.41, 5.74) is 3.03. The van der Waals surface area contributed by atoms with E-state index in [4.69, 9.17) is 8.94 Å². The van der Waals surface area contributed by atoms with Gasteiger partial charge in [-0.2, -0.15) is 0 Å². The molecule has 1 aliphatic heterocycles. The first-order valence-corrected chi connectivity index (χ1v) is 12.5. The Labute approximate surface area is 193 Å². The Morgan fingerprint density at radius 2 is 2.09 bits per heavy atom. The van der Waals surface area contributed by atoms with Gasteiger partial charge in [-0.05, 0) is 56.0 Å². The van der Waals surface area contributed by atoms with E-state index in [9.17, 15) is 0 Å². The van der Waals surface area contributed by atoms with E-state index in [1.165, 1.54) is 37.9 Å². The Balaban J connectivity index is 1.36. The predicted molar refractivity (Wildman–Crippen MR) is 133 cm³/mol. The highest BCUT2D eigenvalue weighted by Gasteiger charge is 2.16. The van der Waals surface area contributed by atoms with Gasteiger partial charge in [0.2, 0.25) is 0 Å². The van der Waals surface area contributed by atoms with Crippen molar-refractivity contribution in [2.75, 3.05) is 18.4 Å². The minimum atomic E-state index is 0.230. The van der Waals surface area contributed by atoms with Gasteiger partial charge in [-0.25, -0.2) is 9.97 Å². The first kappa shape index (κ1) is 21.1. The van der Waals surface area contributed by atoms with Gasteiger partial charge >= 0.3 is 0 Å². The summed E-state index contributed by atoms with van der Waals surface area (Å²) in [4.78, 5) is 12.5. The fourth-order valence-electron chi connectivity index (χ4n) is 3.91. The number of anilines is 2. The Morgan fingerprint density at radius 3 is 2.97 bits per heavy atom. The lowest BCUT2D eigenvalue weighted by molar-refractivity contribution is 0.220. The largest absolute Gasteiger partial charge is 0.473 e. The summed E-state index contributed by atoms with van der Waals surface area (Å²) >= 11 is 1.64.